The molecule has 6 nitrogen and oxygen atoms in total. The predicted molar refractivity (Wildman–Crippen MR) is 121 cm³/mol. The summed E-state index contributed by atoms with van der Waals surface area (Å²) < 4.78 is 2.91. The van der Waals surface area contributed by atoms with E-state index < -0.39 is 0 Å². The molecule has 0 aliphatic carbocycles. The molecule has 2 aromatic heterocycles. The van der Waals surface area contributed by atoms with Crippen LogP contribution in [0, 0.1) is 0 Å². The number of aromatic amines is 1. The van der Waals surface area contributed by atoms with E-state index >= 15 is 0 Å². The van der Waals surface area contributed by atoms with Crippen molar-refractivity contribution in [2.45, 2.75) is 25.9 Å². The van der Waals surface area contributed by atoms with E-state index in [-0.39, 0.29) is 12.1 Å². The highest BCUT2D eigenvalue weighted by atomic mass is 79.9. The van der Waals surface area contributed by atoms with Gasteiger partial charge in [0, 0.05) is 41.3 Å². The molecule has 29 heavy (non-hydrogen) atoms. The molecule has 0 saturated carbocycles. The van der Waals surface area contributed by atoms with Crippen LogP contribution in [0.15, 0.2) is 89.9 Å². The highest BCUT2D eigenvalue weighted by Gasteiger charge is 2.01. The van der Waals surface area contributed by atoms with E-state index in [0.29, 0.717) is 0 Å². The smallest absolute Gasteiger partial charge is 0.0648 e. The molecule has 0 aliphatic rings. The lowest BCUT2D eigenvalue weighted by Gasteiger charge is -2.07. The number of halogens is 1. The van der Waals surface area contributed by atoms with Gasteiger partial charge in [-0.15, -0.1) is 0 Å². The summed E-state index contributed by atoms with van der Waals surface area (Å²) in [4.78, 5) is 0. The summed E-state index contributed by atoms with van der Waals surface area (Å²) in [6.45, 7) is 3.95. The van der Waals surface area contributed by atoms with Crippen LogP contribution in [0.5, 0.6) is 0 Å². The highest BCUT2D eigenvalue weighted by molar-refractivity contribution is 9.10. The van der Waals surface area contributed by atoms with Gasteiger partial charge in [0.25, 0.3) is 0 Å². The molecule has 0 radical (unpaired) electrons. The number of H-pyrrole nitrogens is 1. The average molecular weight is 455 g/mol. The second kappa shape index (κ2) is 12.0. The third kappa shape index (κ3) is 8.03. The van der Waals surface area contributed by atoms with Crippen LogP contribution in [0.3, 0.4) is 0 Å². The van der Waals surface area contributed by atoms with E-state index in [9.17, 15) is 0 Å². The van der Waals surface area contributed by atoms with Crippen molar-refractivity contribution >= 4 is 15.9 Å². The first-order chi connectivity index (χ1) is 14.0. The topological polar surface area (TPSA) is 98.5 Å². The fraction of sp³-hybridized carbons (Fsp3) is 0.182. The van der Waals surface area contributed by atoms with E-state index in [2.05, 4.69) is 37.3 Å². The molecule has 0 saturated heterocycles. The van der Waals surface area contributed by atoms with E-state index in [4.69, 9.17) is 11.5 Å². The summed E-state index contributed by atoms with van der Waals surface area (Å²) in [6.07, 6.45) is 7.14. The number of nitrogens with zero attached hydrogens (tertiary/aromatic N) is 3. The lowest BCUT2D eigenvalue weighted by Crippen LogP contribution is -2.05. The number of hydrogen-bond donors (Lipinski definition) is 3. The summed E-state index contributed by atoms with van der Waals surface area (Å²) in [6, 6.07) is 20.0. The lowest BCUT2D eigenvalue weighted by atomic mass is 10.1. The molecule has 7 heteroatoms. The Bertz CT molecular complexity index is 916. The Balaban J connectivity index is 0.000000173. The van der Waals surface area contributed by atoms with Crippen molar-refractivity contribution in [3.05, 3.63) is 101 Å². The molecule has 0 unspecified atom stereocenters. The number of nitrogens with two attached hydrogens (primary N) is 2. The zero-order valence-electron chi connectivity index (χ0n) is 16.6. The van der Waals surface area contributed by atoms with Gasteiger partial charge in [-0.1, -0.05) is 40.2 Å². The van der Waals surface area contributed by atoms with Crippen LogP contribution in [-0.2, 0) is 0 Å². The SMILES string of the molecule is C[C@H](N)c1cccc(-n2cccn2)c1.C[C@H](N)c1cccc(Br)c1.c1cn[nH]c1. The van der Waals surface area contributed by atoms with Crippen molar-refractivity contribution < 1.29 is 0 Å². The summed E-state index contributed by atoms with van der Waals surface area (Å²) in [5, 5.41) is 10.4. The monoisotopic (exact) mass is 454 g/mol. The number of rotatable bonds is 3. The van der Waals surface area contributed by atoms with Gasteiger partial charge >= 0.3 is 0 Å². The van der Waals surface area contributed by atoms with Gasteiger partial charge in [0.2, 0.25) is 0 Å². The van der Waals surface area contributed by atoms with Crippen LogP contribution in [0.25, 0.3) is 5.69 Å². The summed E-state index contributed by atoms with van der Waals surface area (Å²) in [5.41, 5.74) is 14.8. The van der Waals surface area contributed by atoms with Crippen LogP contribution in [0.2, 0.25) is 0 Å². The molecule has 0 amide bonds. The minimum Gasteiger partial charge on any atom is -0.324 e. The fourth-order valence-corrected chi connectivity index (χ4v) is 2.79. The normalized spacial score (nSPS) is 12.0. The quantitative estimate of drug-likeness (QED) is 0.414. The number of benzene rings is 2. The minimum absolute atomic E-state index is 0.0607. The standard InChI is InChI=1S/C11H13N3.C8H10BrN.C3H4N2/c1-9(12)10-4-2-5-11(8-10)14-7-3-6-13-14;1-6(10)7-3-2-4-8(9)5-7;1-2-4-5-3-1/h2-9H,12H2,1H3;2-6H,10H2,1H3;1-3H,(H,4,5)/t9-;6-;/m00./s1. The molecule has 5 N–H and O–H groups in total. The Labute approximate surface area is 180 Å². The molecule has 2 heterocycles. The molecular formula is C22H27BrN6. The Morgan fingerprint density at radius 1 is 0.897 bits per heavy atom. The van der Waals surface area contributed by atoms with E-state index in [1.54, 1.807) is 18.6 Å². The maximum absolute atomic E-state index is 5.81. The van der Waals surface area contributed by atoms with Gasteiger partial charge in [-0.3, -0.25) is 5.10 Å². The Kier molecular flexibility index (Phi) is 9.30. The first-order valence-corrected chi connectivity index (χ1v) is 10.1. The second-order valence-electron chi connectivity index (χ2n) is 6.44. The molecular weight excluding hydrogens is 428 g/mol. The van der Waals surface area contributed by atoms with Crippen molar-refractivity contribution in [2.24, 2.45) is 11.5 Å². The van der Waals surface area contributed by atoms with E-state index in [0.717, 1.165) is 21.3 Å². The third-order valence-corrected chi connectivity index (χ3v) is 4.44. The average Bonchev–Trinajstić information content (AvgIpc) is 3.45. The lowest BCUT2D eigenvalue weighted by molar-refractivity contribution is 0.809. The number of hydrogen-bond acceptors (Lipinski definition) is 4. The molecule has 0 bridgehead atoms. The summed E-state index contributed by atoms with van der Waals surface area (Å²) in [7, 11) is 0. The molecule has 0 aliphatic heterocycles. The van der Waals surface area contributed by atoms with Crippen LogP contribution in [0.1, 0.15) is 37.1 Å². The van der Waals surface area contributed by atoms with Crippen LogP contribution in [0.4, 0.5) is 0 Å². The molecule has 152 valence electrons. The maximum atomic E-state index is 5.81. The van der Waals surface area contributed by atoms with E-state index in [1.807, 2.05) is 79.3 Å². The first kappa shape index (κ1) is 22.5. The minimum atomic E-state index is 0.0607. The van der Waals surface area contributed by atoms with Crippen LogP contribution >= 0.6 is 15.9 Å². The Morgan fingerprint density at radius 3 is 2.03 bits per heavy atom. The van der Waals surface area contributed by atoms with Gasteiger partial charge in [0.15, 0.2) is 0 Å². The molecule has 4 rings (SSSR count). The fourth-order valence-electron chi connectivity index (χ4n) is 2.38. The molecule has 4 aromatic rings. The van der Waals surface area contributed by atoms with Crippen molar-refractivity contribution in [1.29, 1.82) is 0 Å². The second-order valence-corrected chi connectivity index (χ2v) is 7.36. The zero-order valence-corrected chi connectivity index (χ0v) is 18.2. The summed E-state index contributed by atoms with van der Waals surface area (Å²) in [5.74, 6) is 0. The highest BCUT2D eigenvalue weighted by Crippen LogP contribution is 2.16. The van der Waals surface area contributed by atoms with Gasteiger partial charge in [0.1, 0.15) is 0 Å². The van der Waals surface area contributed by atoms with E-state index in [1.165, 1.54) is 0 Å². The van der Waals surface area contributed by atoms with Crippen LogP contribution in [-0.4, -0.2) is 20.0 Å². The molecule has 0 spiro atoms. The Morgan fingerprint density at radius 2 is 1.59 bits per heavy atom. The Hall–Kier alpha value is -2.74. The van der Waals surface area contributed by atoms with Crippen molar-refractivity contribution in [3.8, 4) is 5.69 Å². The predicted octanol–water partition coefficient (Wildman–Crippen LogP) is 4.77. The number of nitrogens with one attached hydrogen (secondary N) is 1. The van der Waals surface area contributed by atoms with Gasteiger partial charge in [-0.2, -0.15) is 10.2 Å². The zero-order chi connectivity index (χ0) is 21.1. The molecule has 2 atom stereocenters. The van der Waals surface area contributed by atoms with Gasteiger partial charge in [0.05, 0.1) is 5.69 Å². The number of aromatic nitrogens is 4. The maximum Gasteiger partial charge on any atom is 0.0648 e. The van der Waals surface area contributed by atoms with Crippen molar-refractivity contribution in [3.63, 3.8) is 0 Å². The first-order valence-electron chi connectivity index (χ1n) is 9.27. The van der Waals surface area contributed by atoms with Gasteiger partial charge < -0.3 is 11.5 Å². The van der Waals surface area contributed by atoms with Gasteiger partial charge in [-0.25, -0.2) is 4.68 Å². The summed E-state index contributed by atoms with van der Waals surface area (Å²) >= 11 is 3.37. The molecule has 2 aromatic carbocycles. The van der Waals surface area contributed by atoms with Gasteiger partial charge in [-0.05, 0) is 61.4 Å². The largest absolute Gasteiger partial charge is 0.324 e. The van der Waals surface area contributed by atoms with Crippen molar-refractivity contribution in [2.75, 3.05) is 0 Å². The third-order valence-electron chi connectivity index (χ3n) is 3.95. The van der Waals surface area contributed by atoms with Crippen molar-refractivity contribution in [1.82, 2.24) is 20.0 Å². The molecule has 0 fully saturated rings. The van der Waals surface area contributed by atoms with Crippen LogP contribution < -0.4 is 11.5 Å².